The lowest BCUT2D eigenvalue weighted by molar-refractivity contribution is -0.130. The van der Waals surface area contributed by atoms with Gasteiger partial charge in [0.05, 0.1) is 10.9 Å². The van der Waals surface area contributed by atoms with Gasteiger partial charge in [0, 0.05) is 36.2 Å². The molecule has 8 N–H and O–H groups in total. The van der Waals surface area contributed by atoms with Crippen molar-refractivity contribution in [3.63, 3.8) is 0 Å². The van der Waals surface area contributed by atoms with Gasteiger partial charge in [0.1, 0.15) is 6.04 Å². The Balaban J connectivity index is 1.16. The topological polar surface area (TPSA) is 174 Å². The van der Waals surface area contributed by atoms with E-state index >= 15 is 0 Å². The molecule has 6 rings (SSSR count). The second kappa shape index (κ2) is 14.4. The van der Waals surface area contributed by atoms with E-state index in [4.69, 9.17) is 5.73 Å². The Kier molecular flexibility index (Phi) is 9.84. The number of hydrogen-bond donors (Lipinski definition) is 7. The highest BCUT2D eigenvalue weighted by Crippen LogP contribution is 2.29. The molecule has 11 heteroatoms. The van der Waals surface area contributed by atoms with Crippen molar-refractivity contribution in [2.75, 3.05) is 25.0 Å². The monoisotopic (exact) mass is 637 g/mol. The summed E-state index contributed by atoms with van der Waals surface area (Å²) in [6, 6.07) is 18.0. The number of benzene rings is 3. The van der Waals surface area contributed by atoms with Crippen molar-refractivity contribution in [3.8, 4) is 11.1 Å². The fraction of sp³-hybridized carbons (Fsp3) is 0.389. The lowest BCUT2D eigenvalue weighted by Crippen LogP contribution is -2.48. The SMILES string of the molecule is Cc1cc(C(=O)N[C@H]2CCNC2)ccc1-c1ccc(C[C@H](NC(=O)C2CCC(CN)CC2)C(=O)Nc2ccc3c(=O)[nH][nH]c3c2)cc1. The maximum atomic E-state index is 13.6. The number of rotatable bonds is 10. The van der Waals surface area contributed by atoms with Crippen LogP contribution in [0.1, 0.15) is 53.6 Å². The van der Waals surface area contributed by atoms with Crippen LogP contribution in [-0.2, 0) is 16.0 Å². The first-order chi connectivity index (χ1) is 22.8. The third-order valence-electron chi connectivity index (χ3n) is 9.62. The van der Waals surface area contributed by atoms with Gasteiger partial charge in [-0.2, -0.15) is 0 Å². The van der Waals surface area contributed by atoms with Gasteiger partial charge in [-0.15, -0.1) is 0 Å². The van der Waals surface area contributed by atoms with E-state index in [0.29, 0.717) is 41.0 Å². The van der Waals surface area contributed by atoms with Gasteiger partial charge in [-0.3, -0.25) is 29.4 Å². The molecule has 3 amide bonds. The number of aromatic nitrogens is 2. The average molecular weight is 638 g/mol. The molecule has 1 saturated carbocycles. The second-order valence-corrected chi connectivity index (χ2v) is 12.9. The van der Waals surface area contributed by atoms with Crippen molar-refractivity contribution in [2.24, 2.45) is 17.6 Å². The number of carbonyl (C=O) groups excluding carboxylic acids is 3. The van der Waals surface area contributed by atoms with Crippen LogP contribution in [0.2, 0.25) is 0 Å². The standard InChI is InChI=1S/C36H43N7O4/c1-21-16-26(34(45)40-28-14-15-38-20-28)10-12-29(21)24-6-2-22(3-7-24)17-32(41-33(44)25-8-4-23(19-37)5-9-25)36(47)39-27-11-13-30-31(18-27)42-43-35(30)46/h2-3,6-7,10-13,16,18,23,25,28,32,38H,4-5,8-9,14-15,17,19-20,37H2,1H3,(H,39,47)(H,40,45)(H,41,44)(H2,42,43,46)/t23?,25?,28-,32-/m0/s1. The maximum absolute atomic E-state index is 13.6. The van der Waals surface area contributed by atoms with Gasteiger partial charge < -0.3 is 27.0 Å². The molecule has 0 spiro atoms. The van der Waals surface area contributed by atoms with Crippen LogP contribution >= 0.6 is 0 Å². The summed E-state index contributed by atoms with van der Waals surface area (Å²) in [5, 5.41) is 18.2. The summed E-state index contributed by atoms with van der Waals surface area (Å²) in [4.78, 5) is 51.7. The van der Waals surface area contributed by atoms with E-state index in [0.717, 1.165) is 67.4 Å². The quantitative estimate of drug-likeness (QED) is 0.140. The van der Waals surface area contributed by atoms with Crippen LogP contribution in [0, 0.1) is 18.8 Å². The number of anilines is 1. The molecule has 2 heterocycles. The molecule has 2 aliphatic rings. The number of nitrogens with two attached hydrogens (primary N) is 1. The number of nitrogens with one attached hydrogen (secondary N) is 6. The third-order valence-corrected chi connectivity index (χ3v) is 9.62. The van der Waals surface area contributed by atoms with Crippen molar-refractivity contribution < 1.29 is 14.4 Å². The van der Waals surface area contributed by atoms with Crippen LogP contribution < -0.4 is 32.6 Å². The minimum atomic E-state index is -0.809. The molecule has 0 radical (unpaired) electrons. The fourth-order valence-corrected chi connectivity index (χ4v) is 6.73. The molecular formula is C36H43N7O4. The number of hydrogen-bond acceptors (Lipinski definition) is 6. The Hall–Kier alpha value is -4.74. The molecule has 2 atom stereocenters. The van der Waals surface area contributed by atoms with Crippen molar-refractivity contribution in [1.29, 1.82) is 0 Å². The summed E-state index contributed by atoms with van der Waals surface area (Å²) >= 11 is 0. The van der Waals surface area contributed by atoms with Crippen molar-refractivity contribution in [3.05, 3.63) is 87.7 Å². The number of carbonyl (C=O) groups is 3. The molecule has 0 bridgehead atoms. The highest BCUT2D eigenvalue weighted by molar-refractivity contribution is 5.99. The Labute approximate surface area is 273 Å². The van der Waals surface area contributed by atoms with Gasteiger partial charge in [0.2, 0.25) is 11.8 Å². The summed E-state index contributed by atoms with van der Waals surface area (Å²) in [7, 11) is 0. The fourth-order valence-electron chi connectivity index (χ4n) is 6.73. The molecule has 1 aliphatic heterocycles. The molecule has 3 aromatic carbocycles. The number of fused-ring (bicyclic) bond motifs is 1. The molecular weight excluding hydrogens is 594 g/mol. The van der Waals surface area contributed by atoms with E-state index in [9.17, 15) is 19.2 Å². The zero-order valence-corrected chi connectivity index (χ0v) is 26.7. The lowest BCUT2D eigenvalue weighted by atomic mass is 9.81. The highest BCUT2D eigenvalue weighted by Gasteiger charge is 2.29. The first kappa shape index (κ1) is 32.2. The summed E-state index contributed by atoms with van der Waals surface area (Å²) in [5.74, 6) is -0.235. The zero-order chi connectivity index (χ0) is 32.9. The van der Waals surface area contributed by atoms with Gasteiger partial charge in [-0.05, 0) is 111 Å². The van der Waals surface area contributed by atoms with Crippen LogP contribution in [0.5, 0.6) is 0 Å². The van der Waals surface area contributed by atoms with Gasteiger partial charge >= 0.3 is 0 Å². The summed E-state index contributed by atoms with van der Waals surface area (Å²) in [6.45, 7) is 4.33. The van der Waals surface area contributed by atoms with Crippen LogP contribution in [-0.4, -0.2) is 59.6 Å². The predicted molar refractivity (Wildman–Crippen MR) is 183 cm³/mol. The Morgan fingerprint density at radius 1 is 0.936 bits per heavy atom. The molecule has 47 heavy (non-hydrogen) atoms. The van der Waals surface area contributed by atoms with Crippen LogP contribution in [0.25, 0.3) is 22.0 Å². The van der Waals surface area contributed by atoms with Crippen LogP contribution in [0.4, 0.5) is 5.69 Å². The smallest absolute Gasteiger partial charge is 0.271 e. The van der Waals surface area contributed by atoms with E-state index in [1.807, 2.05) is 49.4 Å². The number of amides is 3. The second-order valence-electron chi connectivity index (χ2n) is 12.9. The molecule has 1 saturated heterocycles. The van der Waals surface area contributed by atoms with Gasteiger partial charge in [0.25, 0.3) is 11.5 Å². The molecule has 2 fully saturated rings. The third kappa shape index (κ3) is 7.64. The van der Waals surface area contributed by atoms with E-state index < -0.39 is 6.04 Å². The van der Waals surface area contributed by atoms with E-state index in [1.54, 1.807) is 18.2 Å². The molecule has 11 nitrogen and oxygen atoms in total. The van der Waals surface area contributed by atoms with Crippen molar-refractivity contribution in [2.45, 2.75) is 57.5 Å². The predicted octanol–water partition coefficient (Wildman–Crippen LogP) is 3.35. The highest BCUT2D eigenvalue weighted by atomic mass is 16.2. The Morgan fingerprint density at radius 2 is 1.72 bits per heavy atom. The van der Waals surface area contributed by atoms with E-state index in [1.165, 1.54) is 0 Å². The number of H-pyrrole nitrogens is 2. The summed E-state index contributed by atoms with van der Waals surface area (Å²) < 4.78 is 0. The first-order valence-corrected chi connectivity index (χ1v) is 16.5. The average Bonchev–Trinajstić information content (AvgIpc) is 3.74. The maximum Gasteiger partial charge on any atom is 0.271 e. The zero-order valence-electron chi connectivity index (χ0n) is 26.7. The molecule has 0 unspecified atom stereocenters. The van der Waals surface area contributed by atoms with Crippen molar-refractivity contribution in [1.82, 2.24) is 26.1 Å². The minimum Gasteiger partial charge on any atom is -0.348 e. The van der Waals surface area contributed by atoms with Gasteiger partial charge in [-0.25, -0.2) is 0 Å². The Bertz CT molecular complexity index is 1800. The van der Waals surface area contributed by atoms with Crippen LogP contribution in [0.15, 0.2) is 65.5 Å². The molecule has 1 aliphatic carbocycles. The number of aryl methyl sites for hydroxylation is 1. The molecule has 246 valence electrons. The summed E-state index contributed by atoms with van der Waals surface area (Å²) in [6.07, 6.45) is 4.56. The molecule has 4 aromatic rings. The number of aromatic amines is 2. The van der Waals surface area contributed by atoms with Gasteiger partial charge in [0.15, 0.2) is 0 Å². The molecule has 1 aromatic heterocycles. The normalized spacial score (nSPS) is 20.1. The summed E-state index contributed by atoms with van der Waals surface area (Å²) in [5.41, 5.74) is 11.2. The largest absolute Gasteiger partial charge is 0.348 e. The van der Waals surface area contributed by atoms with Gasteiger partial charge in [-0.1, -0.05) is 30.3 Å². The Morgan fingerprint density at radius 3 is 2.43 bits per heavy atom. The first-order valence-electron chi connectivity index (χ1n) is 16.5. The van der Waals surface area contributed by atoms with Crippen molar-refractivity contribution >= 4 is 34.3 Å². The minimum absolute atomic E-state index is 0.0659. The van der Waals surface area contributed by atoms with E-state index in [2.05, 4.69) is 31.5 Å². The van der Waals surface area contributed by atoms with E-state index in [-0.39, 0.29) is 35.2 Å². The lowest BCUT2D eigenvalue weighted by Gasteiger charge is -2.28. The van der Waals surface area contributed by atoms with Crippen LogP contribution in [0.3, 0.4) is 0 Å².